The highest BCUT2D eigenvalue weighted by molar-refractivity contribution is 5.96. The van der Waals surface area contributed by atoms with E-state index in [1.165, 1.54) is 11.9 Å². The van der Waals surface area contributed by atoms with E-state index in [-0.39, 0.29) is 25.0 Å². The van der Waals surface area contributed by atoms with E-state index < -0.39 is 24.4 Å². The molecule has 2 N–H and O–H groups in total. The number of hydrogen-bond donors (Lipinski definition) is 2. The fraction of sp³-hybridized carbons (Fsp3) is 0.474. The van der Waals surface area contributed by atoms with Crippen LogP contribution in [0.25, 0.3) is 0 Å². The Hall–Kier alpha value is -2.90. The molecule has 146 valence electrons. The van der Waals surface area contributed by atoms with Crippen LogP contribution in [-0.4, -0.2) is 61.4 Å². The predicted octanol–water partition coefficient (Wildman–Crippen LogP) is 0.313. The average molecular weight is 375 g/mol. The number of ether oxygens (including phenoxy) is 1. The summed E-state index contributed by atoms with van der Waals surface area (Å²) in [4.78, 5) is 48.5. The van der Waals surface area contributed by atoms with Gasteiger partial charge in [-0.15, -0.1) is 0 Å². The van der Waals surface area contributed by atoms with Crippen molar-refractivity contribution in [3.05, 3.63) is 34.9 Å². The molecule has 1 saturated carbocycles. The SMILES string of the molecule is Cc1ccc(C(=O)NCC(=O)OCC(=O)N(C)CC(=O)NC2CC2)cc1C. The topological polar surface area (TPSA) is 105 Å². The summed E-state index contributed by atoms with van der Waals surface area (Å²) in [5, 5.41) is 5.23. The highest BCUT2D eigenvalue weighted by atomic mass is 16.5. The van der Waals surface area contributed by atoms with Gasteiger partial charge in [0.15, 0.2) is 6.61 Å². The molecule has 0 spiro atoms. The number of amides is 3. The van der Waals surface area contributed by atoms with Crippen LogP contribution in [0.2, 0.25) is 0 Å². The number of nitrogens with zero attached hydrogens (tertiary/aromatic N) is 1. The third kappa shape index (κ3) is 6.73. The zero-order chi connectivity index (χ0) is 20.0. The molecule has 1 aliphatic rings. The zero-order valence-electron chi connectivity index (χ0n) is 15.8. The minimum absolute atomic E-state index is 0.0869. The first-order valence-corrected chi connectivity index (χ1v) is 8.80. The lowest BCUT2D eigenvalue weighted by molar-refractivity contribution is -0.151. The number of aryl methyl sites for hydroxylation is 2. The smallest absolute Gasteiger partial charge is 0.325 e. The standard InChI is InChI=1S/C19H25N3O5/c1-12-4-5-14(8-13(12)2)19(26)20-9-18(25)27-11-17(24)22(3)10-16(23)21-15-6-7-15/h4-5,8,15H,6-7,9-11H2,1-3H3,(H,20,26)(H,21,23). The molecule has 0 atom stereocenters. The van der Waals surface area contributed by atoms with E-state index in [4.69, 9.17) is 4.74 Å². The number of rotatable bonds is 8. The Kier molecular flexibility index (Phi) is 6.92. The maximum absolute atomic E-state index is 12.0. The number of carbonyl (C=O) groups excluding carboxylic acids is 4. The Balaban J connectivity index is 1.68. The van der Waals surface area contributed by atoms with Gasteiger partial charge in [-0.2, -0.15) is 0 Å². The molecule has 0 bridgehead atoms. The highest BCUT2D eigenvalue weighted by Crippen LogP contribution is 2.18. The molecular weight excluding hydrogens is 350 g/mol. The number of likely N-dealkylation sites (N-methyl/N-ethyl adjacent to an activating group) is 1. The van der Waals surface area contributed by atoms with Gasteiger partial charge in [0.2, 0.25) is 5.91 Å². The van der Waals surface area contributed by atoms with Gasteiger partial charge < -0.3 is 20.3 Å². The predicted molar refractivity (Wildman–Crippen MR) is 98.0 cm³/mol. The van der Waals surface area contributed by atoms with Crippen molar-refractivity contribution in [2.45, 2.75) is 32.7 Å². The van der Waals surface area contributed by atoms with Crippen LogP contribution in [-0.2, 0) is 19.1 Å². The van der Waals surface area contributed by atoms with E-state index in [1.807, 2.05) is 19.9 Å². The summed E-state index contributed by atoms with van der Waals surface area (Å²) in [5.41, 5.74) is 2.49. The van der Waals surface area contributed by atoms with Crippen LogP contribution < -0.4 is 10.6 Å². The first-order chi connectivity index (χ1) is 12.8. The van der Waals surface area contributed by atoms with Gasteiger partial charge in [-0.1, -0.05) is 6.07 Å². The van der Waals surface area contributed by atoms with Gasteiger partial charge in [0.1, 0.15) is 6.54 Å². The summed E-state index contributed by atoms with van der Waals surface area (Å²) in [6.45, 7) is 2.93. The molecule has 1 aliphatic carbocycles. The molecule has 1 aromatic rings. The van der Waals surface area contributed by atoms with Gasteiger partial charge >= 0.3 is 5.97 Å². The first kappa shape index (κ1) is 20.4. The molecule has 0 heterocycles. The van der Waals surface area contributed by atoms with Crippen LogP contribution in [0.3, 0.4) is 0 Å². The van der Waals surface area contributed by atoms with Gasteiger partial charge in [0, 0.05) is 18.7 Å². The highest BCUT2D eigenvalue weighted by Gasteiger charge is 2.24. The van der Waals surface area contributed by atoms with Crippen LogP contribution in [0.5, 0.6) is 0 Å². The largest absolute Gasteiger partial charge is 0.454 e. The molecule has 0 saturated heterocycles. The Bertz CT molecular complexity index is 743. The summed E-state index contributed by atoms with van der Waals surface area (Å²) in [5.74, 6) is -1.85. The summed E-state index contributed by atoms with van der Waals surface area (Å²) in [7, 11) is 1.46. The van der Waals surface area contributed by atoms with E-state index in [0.29, 0.717) is 5.56 Å². The number of nitrogens with one attached hydrogen (secondary N) is 2. The fourth-order valence-corrected chi connectivity index (χ4v) is 2.25. The molecule has 3 amide bonds. The summed E-state index contributed by atoms with van der Waals surface area (Å²) in [6, 6.07) is 5.46. The van der Waals surface area contributed by atoms with Crippen molar-refractivity contribution in [2.75, 3.05) is 26.7 Å². The van der Waals surface area contributed by atoms with E-state index in [2.05, 4.69) is 10.6 Å². The Morgan fingerprint density at radius 1 is 1.15 bits per heavy atom. The third-order valence-electron chi connectivity index (χ3n) is 4.27. The van der Waals surface area contributed by atoms with Gasteiger partial charge in [-0.05, 0) is 49.9 Å². The molecule has 0 unspecified atom stereocenters. The van der Waals surface area contributed by atoms with Crippen molar-refractivity contribution in [3.8, 4) is 0 Å². The second-order valence-electron chi connectivity index (χ2n) is 6.73. The van der Waals surface area contributed by atoms with Crippen LogP contribution in [0, 0.1) is 13.8 Å². The molecule has 0 aliphatic heterocycles. The summed E-state index contributed by atoms with van der Waals surface area (Å²) in [6.07, 6.45) is 1.93. The lowest BCUT2D eigenvalue weighted by Crippen LogP contribution is -2.41. The number of carbonyl (C=O) groups is 4. The second-order valence-corrected chi connectivity index (χ2v) is 6.73. The first-order valence-electron chi connectivity index (χ1n) is 8.80. The minimum atomic E-state index is -0.726. The molecule has 0 aromatic heterocycles. The quantitative estimate of drug-likeness (QED) is 0.637. The maximum atomic E-state index is 12.0. The molecule has 0 radical (unpaired) electrons. The lowest BCUT2D eigenvalue weighted by Gasteiger charge is -2.16. The second kappa shape index (κ2) is 9.16. The molecule has 2 rings (SSSR count). The molecule has 27 heavy (non-hydrogen) atoms. The van der Waals surface area contributed by atoms with Crippen molar-refractivity contribution in [2.24, 2.45) is 0 Å². The Labute approximate surface area is 158 Å². The number of benzene rings is 1. The number of hydrogen-bond acceptors (Lipinski definition) is 5. The van der Waals surface area contributed by atoms with Gasteiger partial charge in [-0.25, -0.2) is 0 Å². The van der Waals surface area contributed by atoms with Crippen LogP contribution in [0.15, 0.2) is 18.2 Å². The summed E-state index contributed by atoms with van der Waals surface area (Å²) < 4.78 is 4.85. The Morgan fingerprint density at radius 3 is 2.48 bits per heavy atom. The van der Waals surface area contributed by atoms with E-state index in [1.54, 1.807) is 12.1 Å². The van der Waals surface area contributed by atoms with E-state index >= 15 is 0 Å². The fourth-order valence-electron chi connectivity index (χ4n) is 2.25. The van der Waals surface area contributed by atoms with Crippen LogP contribution >= 0.6 is 0 Å². The normalized spacial score (nSPS) is 12.9. The average Bonchev–Trinajstić information content (AvgIpc) is 3.43. The van der Waals surface area contributed by atoms with Crippen LogP contribution in [0.1, 0.15) is 34.3 Å². The third-order valence-corrected chi connectivity index (χ3v) is 4.27. The van der Waals surface area contributed by atoms with Crippen molar-refractivity contribution >= 4 is 23.7 Å². The molecule has 1 aromatic carbocycles. The number of esters is 1. The van der Waals surface area contributed by atoms with E-state index in [0.717, 1.165) is 24.0 Å². The van der Waals surface area contributed by atoms with Gasteiger partial charge in [-0.3, -0.25) is 19.2 Å². The Morgan fingerprint density at radius 2 is 1.85 bits per heavy atom. The monoisotopic (exact) mass is 375 g/mol. The zero-order valence-corrected chi connectivity index (χ0v) is 15.8. The van der Waals surface area contributed by atoms with Gasteiger partial charge in [0.05, 0.1) is 6.54 Å². The van der Waals surface area contributed by atoms with E-state index in [9.17, 15) is 19.2 Å². The van der Waals surface area contributed by atoms with Crippen molar-refractivity contribution < 1.29 is 23.9 Å². The van der Waals surface area contributed by atoms with Crippen molar-refractivity contribution in [1.82, 2.24) is 15.5 Å². The molecular formula is C19H25N3O5. The summed E-state index contributed by atoms with van der Waals surface area (Å²) >= 11 is 0. The van der Waals surface area contributed by atoms with Crippen molar-refractivity contribution in [1.29, 1.82) is 0 Å². The lowest BCUT2D eigenvalue weighted by atomic mass is 10.1. The molecule has 1 fully saturated rings. The minimum Gasteiger partial charge on any atom is -0.454 e. The van der Waals surface area contributed by atoms with Crippen LogP contribution in [0.4, 0.5) is 0 Å². The van der Waals surface area contributed by atoms with Crippen molar-refractivity contribution in [3.63, 3.8) is 0 Å². The van der Waals surface area contributed by atoms with Gasteiger partial charge in [0.25, 0.3) is 11.8 Å². The maximum Gasteiger partial charge on any atom is 0.325 e. The molecule has 8 nitrogen and oxygen atoms in total. The molecule has 8 heteroatoms.